The Bertz CT molecular complexity index is 1010. The molecule has 1 aliphatic rings. The van der Waals surface area contributed by atoms with Crippen LogP contribution in [-0.2, 0) is 26.1 Å². The van der Waals surface area contributed by atoms with Gasteiger partial charge in [-0.05, 0) is 73.6 Å². The lowest BCUT2D eigenvalue weighted by atomic mass is 9.82. The standard InChI is InChI=1S/C23H30FN3O6S/c1-32-19-6-8-21(9-7-19)34(30,31)27(16-17-10-13-25-14-11-17)22(23(28)26-29)18-2-4-20(5-3-18)33-15-12-24/h6-11,13-14,18,20,22,29H,2-5,12,15-16H2,1H3,(H,26,28)/t18?,20?,22-/m1/s1. The molecule has 0 bridgehead atoms. The van der Waals surface area contributed by atoms with Crippen molar-refractivity contribution in [1.82, 2.24) is 14.8 Å². The van der Waals surface area contributed by atoms with Gasteiger partial charge in [-0.1, -0.05) is 0 Å². The molecule has 11 heteroatoms. The third kappa shape index (κ3) is 6.29. The van der Waals surface area contributed by atoms with Gasteiger partial charge in [0.15, 0.2) is 0 Å². The van der Waals surface area contributed by atoms with Gasteiger partial charge in [0.25, 0.3) is 5.91 Å². The maximum atomic E-state index is 13.8. The van der Waals surface area contributed by atoms with Gasteiger partial charge in [-0.3, -0.25) is 15.0 Å². The Morgan fingerprint density at radius 2 is 1.82 bits per heavy atom. The minimum Gasteiger partial charge on any atom is -0.497 e. The Morgan fingerprint density at radius 1 is 1.18 bits per heavy atom. The molecule has 0 unspecified atom stereocenters. The second-order valence-electron chi connectivity index (χ2n) is 8.10. The number of benzene rings is 1. The van der Waals surface area contributed by atoms with Crippen LogP contribution in [0.15, 0.2) is 53.7 Å². The van der Waals surface area contributed by atoms with E-state index in [2.05, 4.69) is 4.98 Å². The lowest BCUT2D eigenvalue weighted by Crippen LogP contribution is -2.53. The van der Waals surface area contributed by atoms with Crippen molar-refractivity contribution in [3.05, 3.63) is 54.4 Å². The Kier molecular flexibility index (Phi) is 9.34. The zero-order valence-corrected chi connectivity index (χ0v) is 19.8. The van der Waals surface area contributed by atoms with Crippen molar-refractivity contribution in [3.63, 3.8) is 0 Å². The SMILES string of the molecule is COc1ccc(S(=O)(=O)N(Cc2ccncc2)[C@@H](C(=O)NO)C2CCC(OCCF)CC2)cc1. The number of carbonyl (C=O) groups is 1. The van der Waals surface area contributed by atoms with Crippen molar-refractivity contribution in [2.24, 2.45) is 5.92 Å². The Morgan fingerprint density at radius 3 is 2.38 bits per heavy atom. The van der Waals surface area contributed by atoms with Gasteiger partial charge in [-0.15, -0.1) is 0 Å². The van der Waals surface area contributed by atoms with E-state index in [1.54, 1.807) is 30.0 Å². The molecular formula is C23H30FN3O6S. The fraction of sp³-hybridized carbons (Fsp3) is 0.478. The molecule has 1 amide bonds. The third-order valence-electron chi connectivity index (χ3n) is 6.04. The number of methoxy groups -OCH3 is 1. The van der Waals surface area contributed by atoms with Crippen LogP contribution in [0.5, 0.6) is 5.75 Å². The number of rotatable bonds is 11. The number of sulfonamides is 1. The monoisotopic (exact) mass is 495 g/mol. The van der Waals surface area contributed by atoms with Crippen molar-refractivity contribution in [2.75, 3.05) is 20.4 Å². The van der Waals surface area contributed by atoms with E-state index in [1.807, 2.05) is 0 Å². The van der Waals surface area contributed by atoms with Crippen LogP contribution in [0.3, 0.4) is 0 Å². The van der Waals surface area contributed by atoms with E-state index in [1.165, 1.54) is 31.4 Å². The second-order valence-corrected chi connectivity index (χ2v) is 9.99. The number of nitrogens with zero attached hydrogens (tertiary/aromatic N) is 2. The summed E-state index contributed by atoms with van der Waals surface area (Å²) in [5.41, 5.74) is 2.30. The van der Waals surface area contributed by atoms with Gasteiger partial charge in [0, 0.05) is 18.9 Å². The summed E-state index contributed by atoms with van der Waals surface area (Å²) in [6, 6.07) is 8.09. The van der Waals surface area contributed by atoms with E-state index in [0.717, 1.165) is 4.31 Å². The Hall–Kier alpha value is -2.60. The van der Waals surface area contributed by atoms with Crippen molar-refractivity contribution in [1.29, 1.82) is 0 Å². The second kappa shape index (κ2) is 12.2. The lowest BCUT2D eigenvalue weighted by molar-refractivity contribution is -0.136. The molecule has 1 atom stereocenters. The summed E-state index contributed by atoms with van der Waals surface area (Å²) in [5.74, 6) is -0.678. The molecule has 186 valence electrons. The first-order chi connectivity index (χ1) is 16.4. The van der Waals surface area contributed by atoms with Crippen LogP contribution in [0.2, 0.25) is 0 Å². The van der Waals surface area contributed by atoms with Crippen LogP contribution >= 0.6 is 0 Å². The number of ether oxygens (including phenoxy) is 2. The maximum absolute atomic E-state index is 13.8. The first-order valence-corrected chi connectivity index (χ1v) is 12.5. The number of alkyl halides is 1. The van der Waals surface area contributed by atoms with Gasteiger partial charge in [-0.2, -0.15) is 4.31 Å². The molecule has 0 saturated heterocycles. The van der Waals surface area contributed by atoms with Crippen molar-refractivity contribution < 1.29 is 32.3 Å². The van der Waals surface area contributed by atoms with Crippen LogP contribution in [0, 0.1) is 5.92 Å². The minimum absolute atomic E-state index is 0.00180. The number of carbonyl (C=O) groups excluding carboxylic acids is 1. The number of pyridine rings is 1. The topological polar surface area (TPSA) is 118 Å². The van der Waals surface area contributed by atoms with Crippen LogP contribution < -0.4 is 10.2 Å². The molecule has 1 heterocycles. The molecule has 3 rings (SSSR count). The number of hydrogen-bond donors (Lipinski definition) is 2. The number of hydrogen-bond acceptors (Lipinski definition) is 7. The summed E-state index contributed by atoms with van der Waals surface area (Å²) in [6.45, 7) is -0.654. The molecule has 9 nitrogen and oxygen atoms in total. The number of hydroxylamine groups is 1. The largest absolute Gasteiger partial charge is 0.497 e. The van der Waals surface area contributed by atoms with Gasteiger partial charge in [-0.25, -0.2) is 18.3 Å². The zero-order chi connectivity index (χ0) is 24.6. The predicted molar refractivity (Wildman–Crippen MR) is 121 cm³/mol. The number of aromatic nitrogens is 1. The third-order valence-corrected chi connectivity index (χ3v) is 7.88. The summed E-state index contributed by atoms with van der Waals surface area (Å²) in [6.07, 6.45) is 5.04. The molecule has 1 aliphatic carbocycles. The average molecular weight is 496 g/mol. The van der Waals surface area contributed by atoms with Gasteiger partial charge in [0.1, 0.15) is 18.5 Å². The Balaban J connectivity index is 1.96. The number of amides is 1. The Labute approximate surface area is 198 Å². The molecule has 2 aromatic rings. The van der Waals surface area contributed by atoms with E-state index in [-0.39, 0.29) is 30.1 Å². The van der Waals surface area contributed by atoms with E-state index >= 15 is 0 Å². The normalized spacial score (nSPS) is 19.5. The van der Waals surface area contributed by atoms with Crippen molar-refractivity contribution in [2.45, 2.75) is 49.3 Å². The molecule has 34 heavy (non-hydrogen) atoms. The van der Waals surface area contributed by atoms with Gasteiger partial charge < -0.3 is 9.47 Å². The molecule has 1 aromatic carbocycles. The smallest absolute Gasteiger partial charge is 0.262 e. The van der Waals surface area contributed by atoms with Crippen molar-refractivity contribution >= 4 is 15.9 Å². The zero-order valence-electron chi connectivity index (χ0n) is 19.0. The lowest BCUT2D eigenvalue weighted by Gasteiger charge is -2.38. The highest BCUT2D eigenvalue weighted by molar-refractivity contribution is 7.89. The van der Waals surface area contributed by atoms with Crippen LogP contribution in [0.25, 0.3) is 0 Å². The van der Waals surface area contributed by atoms with Gasteiger partial charge in [0.2, 0.25) is 10.0 Å². The van der Waals surface area contributed by atoms with E-state index in [4.69, 9.17) is 9.47 Å². The molecular weight excluding hydrogens is 465 g/mol. The summed E-state index contributed by atoms with van der Waals surface area (Å²) in [7, 11) is -2.67. The highest BCUT2D eigenvalue weighted by Crippen LogP contribution is 2.34. The van der Waals surface area contributed by atoms with E-state index < -0.39 is 28.6 Å². The molecule has 0 radical (unpaired) electrons. The predicted octanol–water partition coefficient (Wildman–Crippen LogP) is 2.70. The summed E-state index contributed by atoms with van der Waals surface area (Å²) < 4.78 is 51.8. The van der Waals surface area contributed by atoms with Crippen LogP contribution in [-0.4, -0.2) is 61.4 Å². The number of halogens is 1. The van der Waals surface area contributed by atoms with E-state index in [9.17, 15) is 22.8 Å². The maximum Gasteiger partial charge on any atom is 0.262 e. The quantitative estimate of drug-likeness (QED) is 0.363. The number of nitrogens with one attached hydrogen (secondary N) is 1. The highest BCUT2D eigenvalue weighted by atomic mass is 32.2. The average Bonchev–Trinajstić information content (AvgIpc) is 2.88. The summed E-state index contributed by atoms with van der Waals surface area (Å²) in [5, 5.41) is 9.51. The molecule has 1 aromatic heterocycles. The molecule has 2 N–H and O–H groups in total. The molecule has 0 spiro atoms. The summed E-state index contributed by atoms with van der Waals surface area (Å²) in [4.78, 5) is 16.9. The van der Waals surface area contributed by atoms with Gasteiger partial charge >= 0.3 is 0 Å². The van der Waals surface area contributed by atoms with E-state index in [0.29, 0.717) is 37.0 Å². The van der Waals surface area contributed by atoms with Crippen LogP contribution in [0.4, 0.5) is 4.39 Å². The first kappa shape index (κ1) is 26.0. The fourth-order valence-electron chi connectivity index (χ4n) is 4.31. The fourth-order valence-corrected chi connectivity index (χ4v) is 5.95. The first-order valence-electron chi connectivity index (χ1n) is 11.1. The van der Waals surface area contributed by atoms with Crippen LogP contribution in [0.1, 0.15) is 31.2 Å². The van der Waals surface area contributed by atoms with Gasteiger partial charge in [0.05, 0.1) is 24.7 Å². The molecule has 1 saturated carbocycles. The molecule has 1 fully saturated rings. The summed E-state index contributed by atoms with van der Waals surface area (Å²) >= 11 is 0. The van der Waals surface area contributed by atoms with Crippen molar-refractivity contribution in [3.8, 4) is 5.75 Å². The minimum atomic E-state index is -4.15. The molecule has 0 aliphatic heterocycles. The highest BCUT2D eigenvalue weighted by Gasteiger charge is 2.42.